The van der Waals surface area contributed by atoms with Crippen LogP contribution < -0.4 is 5.73 Å². The Balaban J connectivity index is 1.84. The quantitative estimate of drug-likeness (QED) is 0.798. The molecule has 2 atom stereocenters. The first-order chi connectivity index (χ1) is 7.81. The second-order valence-electron chi connectivity index (χ2n) is 5.88. The molecule has 2 fully saturated rings. The third-order valence-corrected chi connectivity index (χ3v) is 4.79. The number of likely N-dealkylation sites (tertiary alicyclic amines) is 1. The minimum absolute atomic E-state index is 0.764. The van der Waals surface area contributed by atoms with Gasteiger partial charge in [0.05, 0.1) is 0 Å². The molecule has 1 aliphatic heterocycles. The van der Waals surface area contributed by atoms with Crippen LogP contribution in [0.5, 0.6) is 0 Å². The van der Waals surface area contributed by atoms with Crippen molar-refractivity contribution in [3.8, 4) is 0 Å². The molecule has 2 rings (SSSR count). The monoisotopic (exact) mass is 224 g/mol. The first kappa shape index (κ1) is 12.4. The molecule has 1 saturated carbocycles. The van der Waals surface area contributed by atoms with Gasteiger partial charge in [-0.1, -0.05) is 19.3 Å². The molecular formula is C14H28N2. The molecule has 0 aromatic heterocycles. The average molecular weight is 224 g/mol. The van der Waals surface area contributed by atoms with E-state index in [2.05, 4.69) is 11.8 Å². The minimum atomic E-state index is 0.764. The Morgan fingerprint density at radius 3 is 2.56 bits per heavy atom. The van der Waals surface area contributed by atoms with E-state index in [9.17, 15) is 0 Å². The molecular weight excluding hydrogens is 196 g/mol. The summed E-state index contributed by atoms with van der Waals surface area (Å²) in [5, 5.41) is 0. The number of rotatable bonds is 3. The van der Waals surface area contributed by atoms with Crippen LogP contribution in [0, 0.1) is 11.8 Å². The van der Waals surface area contributed by atoms with Crippen molar-refractivity contribution in [1.29, 1.82) is 0 Å². The van der Waals surface area contributed by atoms with E-state index >= 15 is 0 Å². The highest BCUT2D eigenvalue weighted by Gasteiger charge is 2.28. The predicted molar refractivity (Wildman–Crippen MR) is 69.4 cm³/mol. The second-order valence-corrected chi connectivity index (χ2v) is 5.88. The lowest BCUT2D eigenvalue weighted by Gasteiger charge is -2.41. The minimum Gasteiger partial charge on any atom is -0.330 e. The van der Waals surface area contributed by atoms with Crippen LogP contribution in [-0.2, 0) is 0 Å². The molecule has 2 N–H and O–H groups in total. The van der Waals surface area contributed by atoms with Crippen LogP contribution in [0.15, 0.2) is 0 Å². The van der Waals surface area contributed by atoms with Gasteiger partial charge in [-0.2, -0.15) is 0 Å². The van der Waals surface area contributed by atoms with E-state index in [4.69, 9.17) is 5.73 Å². The fourth-order valence-corrected chi connectivity index (χ4v) is 3.57. The average Bonchev–Trinajstić information content (AvgIpc) is 2.39. The first-order valence-electron chi connectivity index (χ1n) is 7.25. The molecule has 16 heavy (non-hydrogen) atoms. The fraction of sp³-hybridized carbons (Fsp3) is 1.00. The number of nitrogens with zero attached hydrogens (tertiary/aromatic N) is 1. The van der Waals surface area contributed by atoms with Crippen molar-refractivity contribution in [2.75, 3.05) is 19.6 Å². The van der Waals surface area contributed by atoms with Gasteiger partial charge in [0, 0.05) is 12.6 Å². The van der Waals surface area contributed by atoms with E-state index < -0.39 is 0 Å². The van der Waals surface area contributed by atoms with Crippen LogP contribution in [0.1, 0.15) is 51.9 Å². The summed E-state index contributed by atoms with van der Waals surface area (Å²) in [6.07, 6.45) is 10.0. The second kappa shape index (κ2) is 6.02. The zero-order valence-electron chi connectivity index (χ0n) is 10.8. The van der Waals surface area contributed by atoms with Gasteiger partial charge in [-0.15, -0.1) is 0 Å². The molecule has 1 aliphatic carbocycles. The van der Waals surface area contributed by atoms with Crippen molar-refractivity contribution in [1.82, 2.24) is 4.90 Å². The van der Waals surface area contributed by atoms with Gasteiger partial charge in [-0.05, 0) is 57.5 Å². The molecule has 0 spiro atoms. The summed E-state index contributed by atoms with van der Waals surface area (Å²) in [5.41, 5.74) is 5.82. The third-order valence-electron chi connectivity index (χ3n) is 4.79. The Labute approximate surface area is 101 Å². The third kappa shape index (κ3) is 2.98. The molecule has 2 heteroatoms. The molecule has 2 unspecified atom stereocenters. The summed E-state index contributed by atoms with van der Waals surface area (Å²) >= 11 is 0. The molecule has 0 bridgehead atoms. The lowest BCUT2D eigenvalue weighted by molar-refractivity contribution is 0.0843. The summed E-state index contributed by atoms with van der Waals surface area (Å²) in [6.45, 7) is 5.91. The van der Waals surface area contributed by atoms with Crippen LogP contribution in [0.4, 0.5) is 0 Å². The van der Waals surface area contributed by atoms with Gasteiger partial charge in [-0.25, -0.2) is 0 Å². The van der Waals surface area contributed by atoms with Crippen LogP contribution in [-0.4, -0.2) is 30.6 Å². The van der Waals surface area contributed by atoms with Gasteiger partial charge < -0.3 is 10.6 Å². The fourth-order valence-electron chi connectivity index (χ4n) is 3.57. The Morgan fingerprint density at radius 1 is 1.12 bits per heavy atom. The number of piperidine rings is 1. The van der Waals surface area contributed by atoms with E-state index in [1.54, 1.807) is 0 Å². The Hall–Kier alpha value is -0.0800. The van der Waals surface area contributed by atoms with Crippen molar-refractivity contribution < 1.29 is 0 Å². The van der Waals surface area contributed by atoms with Gasteiger partial charge in [0.25, 0.3) is 0 Å². The van der Waals surface area contributed by atoms with E-state index in [0.717, 1.165) is 24.4 Å². The molecule has 2 aliphatic rings. The smallest absolute Gasteiger partial charge is 0.00953 e. The van der Waals surface area contributed by atoms with Gasteiger partial charge in [0.1, 0.15) is 0 Å². The first-order valence-corrected chi connectivity index (χ1v) is 7.25. The molecule has 0 amide bonds. The maximum atomic E-state index is 5.82. The maximum Gasteiger partial charge on any atom is 0.00953 e. The maximum absolute atomic E-state index is 5.82. The topological polar surface area (TPSA) is 29.3 Å². The summed E-state index contributed by atoms with van der Waals surface area (Å²) in [5.74, 6) is 1.73. The van der Waals surface area contributed by atoms with Crippen molar-refractivity contribution in [3.63, 3.8) is 0 Å². The van der Waals surface area contributed by atoms with E-state index in [-0.39, 0.29) is 0 Å². The van der Waals surface area contributed by atoms with Gasteiger partial charge in [0.15, 0.2) is 0 Å². The lowest BCUT2D eigenvalue weighted by Crippen LogP contribution is -2.46. The van der Waals surface area contributed by atoms with Gasteiger partial charge >= 0.3 is 0 Å². The predicted octanol–water partition coefficient (Wildman–Crippen LogP) is 2.63. The Bertz CT molecular complexity index is 199. The molecule has 1 heterocycles. The number of hydrogen-bond acceptors (Lipinski definition) is 2. The van der Waals surface area contributed by atoms with Crippen molar-refractivity contribution in [2.45, 2.75) is 57.9 Å². The number of hydrogen-bond donors (Lipinski definition) is 1. The SMILES string of the molecule is CC(C1CCCCC1)N1CCCC(CN)C1. The van der Waals surface area contributed by atoms with Crippen LogP contribution >= 0.6 is 0 Å². The highest BCUT2D eigenvalue weighted by Crippen LogP contribution is 2.30. The van der Waals surface area contributed by atoms with Gasteiger partial charge in [0.2, 0.25) is 0 Å². The molecule has 0 radical (unpaired) electrons. The Kier molecular flexibility index (Phi) is 4.66. The summed E-state index contributed by atoms with van der Waals surface area (Å²) in [7, 11) is 0. The molecule has 94 valence electrons. The normalized spacial score (nSPS) is 31.5. The summed E-state index contributed by atoms with van der Waals surface area (Å²) in [4.78, 5) is 2.72. The van der Waals surface area contributed by atoms with E-state index in [0.29, 0.717) is 0 Å². The summed E-state index contributed by atoms with van der Waals surface area (Å²) in [6, 6.07) is 0.801. The van der Waals surface area contributed by atoms with Crippen molar-refractivity contribution >= 4 is 0 Å². The zero-order valence-corrected chi connectivity index (χ0v) is 10.8. The van der Waals surface area contributed by atoms with Gasteiger partial charge in [-0.3, -0.25) is 0 Å². The molecule has 0 aromatic carbocycles. The Morgan fingerprint density at radius 2 is 1.88 bits per heavy atom. The molecule has 2 nitrogen and oxygen atoms in total. The number of nitrogens with two attached hydrogens (primary N) is 1. The molecule has 0 aromatic rings. The summed E-state index contributed by atoms with van der Waals surface area (Å²) < 4.78 is 0. The van der Waals surface area contributed by atoms with Crippen LogP contribution in [0.2, 0.25) is 0 Å². The van der Waals surface area contributed by atoms with E-state index in [1.807, 2.05) is 0 Å². The largest absolute Gasteiger partial charge is 0.330 e. The lowest BCUT2D eigenvalue weighted by atomic mass is 9.83. The standard InChI is InChI=1S/C14H28N2/c1-12(14-7-3-2-4-8-14)16-9-5-6-13(10-15)11-16/h12-14H,2-11,15H2,1H3. The highest BCUT2D eigenvalue weighted by molar-refractivity contribution is 4.83. The van der Waals surface area contributed by atoms with Crippen LogP contribution in [0.25, 0.3) is 0 Å². The van der Waals surface area contributed by atoms with Crippen molar-refractivity contribution in [3.05, 3.63) is 0 Å². The molecule has 1 saturated heterocycles. The van der Waals surface area contributed by atoms with Crippen molar-refractivity contribution in [2.24, 2.45) is 17.6 Å². The zero-order chi connectivity index (χ0) is 11.4. The van der Waals surface area contributed by atoms with E-state index in [1.165, 1.54) is 58.0 Å². The van der Waals surface area contributed by atoms with Crippen LogP contribution in [0.3, 0.4) is 0 Å². The highest BCUT2D eigenvalue weighted by atomic mass is 15.2.